The highest BCUT2D eigenvalue weighted by molar-refractivity contribution is 6.17. The van der Waals surface area contributed by atoms with Gasteiger partial charge >= 0.3 is 5.97 Å². The SMILES string of the molecule is C=CC/C(CC(C)C)=C(/C(=O)OCC)c1ccccc1. The highest BCUT2D eigenvalue weighted by Gasteiger charge is 2.18. The fourth-order valence-corrected chi connectivity index (χ4v) is 2.23. The highest BCUT2D eigenvalue weighted by Crippen LogP contribution is 2.27. The molecule has 0 aromatic heterocycles. The fourth-order valence-electron chi connectivity index (χ4n) is 2.23. The average molecular weight is 272 g/mol. The molecule has 0 unspecified atom stereocenters. The second kappa shape index (κ2) is 8.36. The van der Waals surface area contributed by atoms with E-state index in [0.29, 0.717) is 24.5 Å². The third-order valence-electron chi connectivity index (χ3n) is 2.94. The minimum absolute atomic E-state index is 0.240. The van der Waals surface area contributed by atoms with Crippen LogP contribution in [0, 0.1) is 5.92 Å². The molecule has 0 saturated heterocycles. The van der Waals surface area contributed by atoms with Crippen molar-refractivity contribution in [2.75, 3.05) is 6.61 Å². The van der Waals surface area contributed by atoms with Crippen molar-refractivity contribution >= 4 is 11.5 Å². The zero-order valence-electron chi connectivity index (χ0n) is 12.7. The lowest BCUT2D eigenvalue weighted by Gasteiger charge is -2.15. The summed E-state index contributed by atoms with van der Waals surface area (Å²) >= 11 is 0. The van der Waals surface area contributed by atoms with Crippen LogP contribution in [0.5, 0.6) is 0 Å². The van der Waals surface area contributed by atoms with Crippen molar-refractivity contribution in [3.63, 3.8) is 0 Å². The first-order chi connectivity index (χ1) is 9.60. The quantitative estimate of drug-likeness (QED) is 0.411. The van der Waals surface area contributed by atoms with Gasteiger partial charge in [0.05, 0.1) is 12.2 Å². The number of allylic oxidation sites excluding steroid dienone is 2. The fraction of sp³-hybridized carbons (Fsp3) is 0.389. The van der Waals surface area contributed by atoms with Crippen LogP contribution in [-0.2, 0) is 9.53 Å². The largest absolute Gasteiger partial charge is 0.462 e. The summed E-state index contributed by atoms with van der Waals surface area (Å²) in [5.74, 6) is 0.245. The molecule has 0 radical (unpaired) electrons. The van der Waals surface area contributed by atoms with Gasteiger partial charge in [-0.25, -0.2) is 4.79 Å². The zero-order chi connectivity index (χ0) is 15.0. The molecular weight excluding hydrogens is 248 g/mol. The van der Waals surface area contributed by atoms with Gasteiger partial charge in [-0.3, -0.25) is 0 Å². The predicted molar refractivity (Wildman–Crippen MR) is 84.3 cm³/mol. The lowest BCUT2D eigenvalue weighted by atomic mass is 9.91. The minimum atomic E-state index is -0.240. The monoisotopic (exact) mass is 272 g/mol. The first-order valence-electron chi connectivity index (χ1n) is 7.15. The summed E-state index contributed by atoms with van der Waals surface area (Å²) in [6.07, 6.45) is 3.43. The van der Waals surface area contributed by atoms with Crippen LogP contribution in [0.1, 0.15) is 39.2 Å². The van der Waals surface area contributed by atoms with E-state index in [2.05, 4.69) is 20.4 Å². The van der Waals surface area contributed by atoms with Gasteiger partial charge in [-0.15, -0.1) is 6.58 Å². The summed E-state index contributed by atoms with van der Waals surface area (Å²) in [5.41, 5.74) is 2.71. The van der Waals surface area contributed by atoms with Crippen LogP contribution in [0.15, 0.2) is 48.6 Å². The van der Waals surface area contributed by atoms with Crippen molar-refractivity contribution in [3.8, 4) is 0 Å². The maximum absolute atomic E-state index is 12.3. The van der Waals surface area contributed by atoms with Crippen LogP contribution in [0.4, 0.5) is 0 Å². The maximum Gasteiger partial charge on any atom is 0.338 e. The van der Waals surface area contributed by atoms with Gasteiger partial charge in [0.15, 0.2) is 0 Å². The molecule has 0 fully saturated rings. The molecule has 2 heteroatoms. The van der Waals surface area contributed by atoms with Crippen molar-refractivity contribution in [1.29, 1.82) is 0 Å². The summed E-state index contributed by atoms with van der Waals surface area (Å²) < 4.78 is 5.24. The number of carbonyl (C=O) groups is 1. The van der Waals surface area contributed by atoms with Gasteiger partial charge in [0, 0.05) is 0 Å². The molecule has 1 rings (SSSR count). The number of carbonyl (C=O) groups excluding carboxylic acids is 1. The van der Waals surface area contributed by atoms with E-state index in [1.54, 1.807) is 0 Å². The molecule has 0 amide bonds. The summed E-state index contributed by atoms with van der Waals surface area (Å²) in [6.45, 7) is 10.3. The molecule has 0 aliphatic rings. The summed E-state index contributed by atoms with van der Waals surface area (Å²) in [6, 6.07) is 9.73. The average Bonchev–Trinajstić information content (AvgIpc) is 2.40. The zero-order valence-corrected chi connectivity index (χ0v) is 12.7. The van der Waals surface area contributed by atoms with Gasteiger partial charge in [0.1, 0.15) is 0 Å². The number of esters is 1. The van der Waals surface area contributed by atoms with Crippen LogP contribution < -0.4 is 0 Å². The molecule has 0 N–H and O–H groups in total. The van der Waals surface area contributed by atoms with Crippen molar-refractivity contribution in [2.24, 2.45) is 5.92 Å². The molecule has 1 aromatic rings. The van der Waals surface area contributed by atoms with Gasteiger partial charge in [-0.05, 0) is 31.2 Å². The van der Waals surface area contributed by atoms with Crippen molar-refractivity contribution in [2.45, 2.75) is 33.6 Å². The molecule has 0 atom stereocenters. The number of hydrogen-bond acceptors (Lipinski definition) is 2. The molecular formula is C18H24O2. The van der Waals surface area contributed by atoms with E-state index in [0.717, 1.165) is 17.6 Å². The highest BCUT2D eigenvalue weighted by atomic mass is 16.5. The summed E-state index contributed by atoms with van der Waals surface area (Å²) in [4.78, 5) is 12.3. The second-order valence-corrected chi connectivity index (χ2v) is 5.16. The smallest absolute Gasteiger partial charge is 0.338 e. The second-order valence-electron chi connectivity index (χ2n) is 5.16. The maximum atomic E-state index is 12.3. The first kappa shape index (κ1) is 16.2. The molecule has 0 aliphatic carbocycles. The Bertz CT molecular complexity index is 469. The topological polar surface area (TPSA) is 26.3 Å². The third-order valence-corrected chi connectivity index (χ3v) is 2.94. The standard InChI is InChI=1S/C18H24O2/c1-5-10-16(13-14(3)4)17(18(19)20-6-2)15-11-8-7-9-12-15/h5,7-9,11-12,14H,1,6,10,13H2,2-4H3/b17-16-. The first-order valence-corrected chi connectivity index (χ1v) is 7.15. The Balaban J connectivity index is 3.31. The molecule has 2 nitrogen and oxygen atoms in total. The Kier molecular flexibility index (Phi) is 6.78. The molecule has 0 spiro atoms. The predicted octanol–water partition coefficient (Wildman–Crippen LogP) is 4.63. The Morgan fingerprint density at radius 1 is 1.30 bits per heavy atom. The lowest BCUT2D eigenvalue weighted by Crippen LogP contribution is -2.10. The Morgan fingerprint density at radius 3 is 2.45 bits per heavy atom. The molecule has 0 aliphatic heterocycles. The van der Waals surface area contributed by atoms with Gasteiger partial charge in [-0.1, -0.05) is 55.8 Å². The summed E-state index contributed by atoms with van der Waals surface area (Å²) in [7, 11) is 0. The van der Waals surface area contributed by atoms with Gasteiger partial charge in [-0.2, -0.15) is 0 Å². The van der Waals surface area contributed by atoms with Gasteiger partial charge < -0.3 is 4.74 Å². The molecule has 1 aromatic carbocycles. The number of ether oxygens (including phenoxy) is 1. The van der Waals surface area contributed by atoms with E-state index < -0.39 is 0 Å². The van der Waals surface area contributed by atoms with E-state index in [1.165, 1.54) is 0 Å². The van der Waals surface area contributed by atoms with Crippen LogP contribution in [-0.4, -0.2) is 12.6 Å². The van der Waals surface area contributed by atoms with Crippen LogP contribution >= 0.6 is 0 Å². The third kappa shape index (κ3) is 4.69. The van der Waals surface area contributed by atoms with Crippen molar-refractivity contribution in [1.82, 2.24) is 0 Å². The molecule has 0 heterocycles. The Hall–Kier alpha value is -1.83. The van der Waals surface area contributed by atoms with E-state index in [1.807, 2.05) is 43.3 Å². The number of rotatable bonds is 7. The van der Waals surface area contributed by atoms with Gasteiger partial charge in [0.25, 0.3) is 0 Å². The van der Waals surface area contributed by atoms with Crippen molar-refractivity contribution in [3.05, 3.63) is 54.1 Å². The molecule has 108 valence electrons. The van der Waals surface area contributed by atoms with E-state index in [9.17, 15) is 4.79 Å². The summed E-state index contributed by atoms with van der Waals surface area (Å²) in [5, 5.41) is 0. The van der Waals surface area contributed by atoms with Gasteiger partial charge in [0.2, 0.25) is 0 Å². The normalized spacial score (nSPS) is 12.0. The van der Waals surface area contributed by atoms with Crippen molar-refractivity contribution < 1.29 is 9.53 Å². The molecule has 0 bridgehead atoms. The van der Waals surface area contributed by atoms with E-state index in [4.69, 9.17) is 4.74 Å². The Morgan fingerprint density at radius 2 is 1.95 bits per heavy atom. The minimum Gasteiger partial charge on any atom is -0.462 e. The number of hydrogen-bond donors (Lipinski definition) is 0. The Labute approximate surface area is 122 Å². The molecule has 20 heavy (non-hydrogen) atoms. The molecule has 0 saturated carbocycles. The lowest BCUT2D eigenvalue weighted by molar-refractivity contribution is -0.136. The van der Waals surface area contributed by atoms with E-state index in [-0.39, 0.29) is 5.97 Å². The van der Waals surface area contributed by atoms with Crippen LogP contribution in [0.2, 0.25) is 0 Å². The number of benzene rings is 1. The van der Waals surface area contributed by atoms with E-state index >= 15 is 0 Å². The van der Waals surface area contributed by atoms with Crippen LogP contribution in [0.3, 0.4) is 0 Å². The van der Waals surface area contributed by atoms with Crippen LogP contribution in [0.25, 0.3) is 5.57 Å².